The van der Waals surface area contributed by atoms with E-state index in [-0.39, 0.29) is 37.0 Å². The van der Waals surface area contributed by atoms with Gasteiger partial charge in [-0.25, -0.2) is 17.2 Å². The van der Waals surface area contributed by atoms with Crippen molar-refractivity contribution in [3.05, 3.63) is 35.2 Å². The zero-order valence-electron chi connectivity index (χ0n) is 17.5. The van der Waals surface area contributed by atoms with E-state index in [1.165, 1.54) is 15.4 Å². The lowest BCUT2D eigenvalue weighted by atomic mass is 9.90. The molecular formula is C20H25F3N4O4S. The molecule has 4 heterocycles. The van der Waals surface area contributed by atoms with Gasteiger partial charge in [-0.1, -0.05) is 0 Å². The Bertz CT molecular complexity index is 1120. The number of aliphatic hydroxyl groups excluding tert-OH is 1. The minimum absolute atomic E-state index is 0.0317. The first kappa shape index (κ1) is 23.0. The summed E-state index contributed by atoms with van der Waals surface area (Å²) in [5.41, 5.74) is -0.869. The molecule has 4 rings (SSSR count). The van der Waals surface area contributed by atoms with E-state index < -0.39 is 33.4 Å². The van der Waals surface area contributed by atoms with Crippen molar-refractivity contribution in [1.82, 2.24) is 18.8 Å². The highest BCUT2D eigenvalue weighted by Crippen LogP contribution is 2.36. The Hall–Kier alpha value is -2.18. The largest absolute Gasteiger partial charge is 0.436 e. The number of halogens is 3. The van der Waals surface area contributed by atoms with Crippen molar-refractivity contribution in [2.75, 3.05) is 39.0 Å². The number of sulfonamides is 1. The number of aliphatic hydroxyl groups is 1. The minimum Gasteiger partial charge on any atom is -0.396 e. The third-order valence-electron chi connectivity index (χ3n) is 6.37. The van der Waals surface area contributed by atoms with Crippen LogP contribution in [0.1, 0.15) is 46.8 Å². The highest BCUT2D eigenvalue weighted by Gasteiger charge is 2.42. The summed E-state index contributed by atoms with van der Waals surface area (Å²) in [5.74, 6) is -0.922. The molecule has 0 aliphatic carbocycles. The fraction of sp³-hybridized carbons (Fsp3) is 0.600. The Morgan fingerprint density at radius 2 is 1.91 bits per heavy atom. The first-order chi connectivity index (χ1) is 15.0. The fourth-order valence-corrected chi connectivity index (χ4v) is 5.44. The maximum Gasteiger partial charge on any atom is 0.436 e. The number of likely N-dealkylation sites (tertiary alicyclic amines) is 1. The summed E-state index contributed by atoms with van der Waals surface area (Å²) in [5, 5.41) is 13.0. The number of fused-ring (bicyclic) bond motifs is 1. The van der Waals surface area contributed by atoms with Crippen LogP contribution in [0.2, 0.25) is 0 Å². The van der Waals surface area contributed by atoms with Crippen LogP contribution in [-0.2, 0) is 16.2 Å². The van der Waals surface area contributed by atoms with Crippen molar-refractivity contribution >= 4 is 21.4 Å². The predicted molar refractivity (Wildman–Crippen MR) is 110 cm³/mol. The van der Waals surface area contributed by atoms with E-state index in [2.05, 4.69) is 5.10 Å². The van der Waals surface area contributed by atoms with E-state index in [9.17, 15) is 31.5 Å². The number of piperidine rings is 1. The van der Waals surface area contributed by atoms with E-state index in [1.807, 2.05) is 0 Å². The molecule has 8 nitrogen and oxygen atoms in total. The number of alkyl halides is 3. The number of aromatic nitrogens is 2. The van der Waals surface area contributed by atoms with Gasteiger partial charge >= 0.3 is 6.18 Å². The van der Waals surface area contributed by atoms with Crippen molar-refractivity contribution < 1.29 is 31.5 Å². The summed E-state index contributed by atoms with van der Waals surface area (Å²) in [4.78, 5) is 14.4. The van der Waals surface area contributed by atoms with Gasteiger partial charge in [0, 0.05) is 44.9 Å². The molecule has 2 fully saturated rings. The monoisotopic (exact) mass is 474 g/mol. The van der Waals surface area contributed by atoms with Crippen LogP contribution in [0.25, 0.3) is 5.52 Å². The summed E-state index contributed by atoms with van der Waals surface area (Å²) in [6, 6.07) is 3.24. The lowest BCUT2D eigenvalue weighted by Crippen LogP contribution is -2.37. The molecule has 2 aliphatic heterocycles. The molecule has 1 N–H and O–H groups in total. The van der Waals surface area contributed by atoms with Crippen LogP contribution in [0.5, 0.6) is 0 Å². The summed E-state index contributed by atoms with van der Waals surface area (Å²) in [6.45, 7) is 1.03. The second kappa shape index (κ2) is 8.31. The molecule has 0 saturated carbocycles. The molecule has 0 spiro atoms. The van der Waals surface area contributed by atoms with Crippen LogP contribution in [-0.4, -0.2) is 77.3 Å². The average molecular weight is 475 g/mol. The molecule has 1 unspecified atom stereocenters. The van der Waals surface area contributed by atoms with Crippen LogP contribution in [0, 0.1) is 5.92 Å². The standard InChI is InChI=1S/C20H25F3N4O4S/c1-32(30,31)26-7-3-14(4-8-26)15-5-9-27-16(10-15)17(18(24-27)20(21,22)23)19(29)25-6-2-13(11-25)12-28/h5,9-10,13-14,28H,2-4,6-8,11-12H2,1H3. The summed E-state index contributed by atoms with van der Waals surface area (Å²) < 4.78 is 67.2. The molecule has 1 amide bonds. The maximum atomic E-state index is 13.7. The average Bonchev–Trinajstić information content (AvgIpc) is 3.37. The minimum atomic E-state index is -4.80. The SMILES string of the molecule is CS(=O)(=O)N1CCC(c2ccn3nc(C(F)(F)F)c(C(=O)N4CCC(CO)C4)c3c2)CC1. The smallest absolute Gasteiger partial charge is 0.396 e. The van der Waals surface area contributed by atoms with Gasteiger partial charge in [0.1, 0.15) is 0 Å². The Morgan fingerprint density at radius 3 is 2.47 bits per heavy atom. The van der Waals surface area contributed by atoms with E-state index >= 15 is 0 Å². The Morgan fingerprint density at radius 1 is 1.22 bits per heavy atom. The molecule has 2 aromatic rings. The van der Waals surface area contributed by atoms with Gasteiger partial charge in [-0.2, -0.15) is 18.3 Å². The van der Waals surface area contributed by atoms with Crippen molar-refractivity contribution in [3.8, 4) is 0 Å². The molecule has 2 aromatic heterocycles. The van der Waals surface area contributed by atoms with Crippen LogP contribution >= 0.6 is 0 Å². The lowest BCUT2D eigenvalue weighted by Gasteiger charge is -2.30. The molecule has 0 bridgehead atoms. The fourth-order valence-electron chi connectivity index (χ4n) is 4.57. The first-order valence-electron chi connectivity index (χ1n) is 10.4. The Kier molecular flexibility index (Phi) is 5.97. The summed E-state index contributed by atoms with van der Waals surface area (Å²) in [6.07, 6.45) is -0.614. The van der Waals surface area contributed by atoms with E-state index in [0.717, 1.165) is 16.3 Å². The predicted octanol–water partition coefficient (Wildman–Crippen LogP) is 1.95. The van der Waals surface area contributed by atoms with Crippen LogP contribution < -0.4 is 0 Å². The molecular weight excluding hydrogens is 449 g/mol. The number of carbonyl (C=O) groups is 1. The molecule has 1 atom stereocenters. The zero-order chi connectivity index (χ0) is 23.3. The van der Waals surface area contributed by atoms with Crippen molar-refractivity contribution in [2.24, 2.45) is 5.92 Å². The number of hydrogen-bond acceptors (Lipinski definition) is 5. The number of amides is 1. The number of carbonyl (C=O) groups excluding carboxylic acids is 1. The molecule has 0 aromatic carbocycles. The highest BCUT2D eigenvalue weighted by atomic mass is 32.2. The van der Waals surface area contributed by atoms with Crippen LogP contribution in [0.15, 0.2) is 18.3 Å². The van der Waals surface area contributed by atoms with Gasteiger partial charge in [0.15, 0.2) is 5.69 Å². The normalized spacial score (nSPS) is 21.5. The lowest BCUT2D eigenvalue weighted by molar-refractivity contribution is -0.141. The topological polar surface area (TPSA) is 95.2 Å². The molecule has 12 heteroatoms. The van der Waals surface area contributed by atoms with Gasteiger partial charge in [0.25, 0.3) is 5.91 Å². The van der Waals surface area contributed by atoms with Crippen molar-refractivity contribution in [1.29, 1.82) is 0 Å². The van der Waals surface area contributed by atoms with Gasteiger partial charge in [-0.3, -0.25) is 4.79 Å². The van der Waals surface area contributed by atoms with Crippen LogP contribution in [0.3, 0.4) is 0 Å². The second-order valence-corrected chi connectivity index (χ2v) is 10.5. The van der Waals surface area contributed by atoms with Gasteiger partial charge < -0.3 is 10.0 Å². The quantitative estimate of drug-likeness (QED) is 0.731. The third kappa shape index (κ3) is 4.35. The van der Waals surface area contributed by atoms with Crippen LogP contribution in [0.4, 0.5) is 13.2 Å². The van der Waals surface area contributed by atoms with Gasteiger partial charge in [-0.15, -0.1) is 0 Å². The van der Waals surface area contributed by atoms with Gasteiger partial charge in [0.05, 0.1) is 17.3 Å². The van der Waals surface area contributed by atoms with Crippen molar-refractivity contribution in [3.63, 3.8) is 0 Å². The molecule has 2 saturated heterocycles. The number of rotatable bonds is 4. The summed E-state index contributed by atoms with van der Waals surface area (Å²) in [7, 11) is -3.29. The van der Waals surface area contributed by atoms with Gasteiger partial charge in [0.2, 0.25) is 10.0 Å². The Balaban J connectivity index is 1.69. The molecule has 0 radical (unpaired) electrons. The number of nitrogens with zero attached hydrogens (tertiary/aromatic N) is 4. The zero-order valence-corrected chi connectivity index (χ0v) is 18.4. The van der Waals surface area contributed by atoms with E-state index in [4.69, 9.17) is 0 Å². The maximum absolute atomic E-state index is 13.7. The highest BCUT2D eigenvalue weighted by molar-refractivity contribution is 7.88. The number of pyridine rings is 1. The van der Waals surface area contributed by atoms with Crippen molar-refractivity contribution in [2.45, 2.75) is 31.4 Å². The first-order valence-corrected chi connectivity index (χ1v) is 12.3. The Labute approximate surface area is 183 Å². The molecule has 32 heavy (non-hydrogen) atoms. The summed E-state index contributed by atoms with van der Waals surface area (Å²) >= 11 is 0. The second-order valence-electron chi connectivity index (χ2n) is 8.54. The number of hydrogen-bond donors (Lipinski definition) is 1. The van der Waals surface area contributed by atoms with Gasteiger partial charge in [-0.05, 0) is 42.9 Å². The molecule has 176 valence electrons. The van der Waals surface area contributed by atoms with E-state index in [1.54, 1.807) is 12.1 Å². The molecule has 2 aliphatic rings. The van der Waals surface area contributed by atoms with E-state index in [0.29, 0.717) is 32.4 Å². The third-order valence-corrected chi connectivity index (χ3v) is 7.67.